The predicted octanol–water partition coefficient (Wildman–Crippen LogP) is 4.96. The zero-order chi connectivity index (χ0) is 25.1. The summed E-state index contributed by atoms with van der Waals surface area (Å²) in [5.41, 5.74) is 1.58. The van der Waals surface area contributed by atoms with Gasteiger partial charge in [0.25, 0.3) is 0 Å². The van der Waals surface area contributed by atoms with E-state index in [0.717, 1.165) is 19.0 Å². The third kappa shape index (κ3) is 7.55. The highest BCUT2D eigenvalue weighted by atomic mass is 16.5. The number of rotatable bonds is 5. The number of para-hydroxylation sites is 1. The minimum Gasteiger partial charge on any atom is -0.478 e. The van der Waals surface area contributed by atoms with Crippen LogP contribution < -0.4 is 4.90 Å². The molecule has 2 N–H and O–H groups in total. The van der Waals surface area contributed by atoms with Crippen LogP contribution in [0.3, 0.4) is 0 Å². The topological polar surface area (TPSA) is 90.3 Å². The van der Waals surface area contributed by atoms with Crippen molar-refractivity contribution in [2.75, 3.05) is 31.6 Å². The van der Waals surface area contributed by atoms with Gasteiger partial charge >= 0.3 is 11.9 Å². The molecule has 1 saturated carbocycles. The number of hydrogen-bond donors (Lipinski definition) is 2. The van der Waals surface area contributed by atoms with Gasteiger partial charge in [0, 0.05) is 50.6 Å². The Kier molecular flexibility index (Phi) is 10.6. The molecule has 7 nitrogen and oxygen atoms in total. The van der Waals surface area contributed by atoms with Crippen molar-refractivity contribution in [3.8, 4) is 0 Å². The van der Waals surface area contributed by atoms with Gasteiger partial charge in [-0.25, -0.2) is 9.59 Å². The second kappa shape index (κ2) is 13.6. The van der Waals surface area contributed by atoms with E-state index in [1.165, 1.54) is 83.0 Å². The maximum Gasteiger partial charge on any atom is 0.328 e. The standard InChI is InChI=1S/C24H38N2O.C4H4O4/c1-27-23-15-18-26(22-13-9-6-10-14-22)24(23)16-19-25(20-17-24)21-11-7-4-2-3-5-8-12-21;5-3(6)1-2-4(7)8/h6,9-10,13-14,21,23H,2-5,7-8,11-12,15-20H2,1H3;1-2H,(H,5,6)(H,7,8). The summed E-state index contributed by atoms with van der Waals surface area (Å²) in [5.74, 6) is -2.51. The summed E-state index contributed by atoms with van der Waals surface area (Å²) in [7, 11) is 1.92. The summed E-state index contributed by atoms with van der Waals surface area (Å²) in [5, 5.41) is 15.6. The van der Waals surface area contributed by atoms with Crippen LogP contribution >= 0.6 is 0 Å². The van der Waals surface area contributed by atoms with Crippen LogP contribution in [0.25, 0.3) is 0 Å². The van der Waals surface area contributed by atoms with E-state index in [1.54, 1.807) is 0 Å². The van der Waals surface area contributed by atoms with Crippen molar-refractivity contribution in [2.45, 2.75) is 88.3 Å². The first kappa shape index (κ1) is 27.2. The van der Waals surface area contributed by atoms with Gasteiger partial charge in [-0.05, 0) is 44.2 Å². The third-order valence-electron chi connectivity index (χ3n) is 7.98. The molecule has 1 spiro atoms. The average molecular weight is 487 g/mol. The molecule has 0 aromatic heterocycles. The van der Waals surface area contributed by atoms with Gasteiger partial charge in [-0.1, -0.05) is 56.7 Å². The number of nitrogens with zero attached hydrogens (tertiary/aromatic N) is 2. The van der Waals surface area contributed by atoms with Crippen LogP contribution in [0.4, 0.5) is 5.69 Å². The first-order valence-corrected chi connectivity index (χ1v) is 13.2. The Morgan fingerprint density at radius 3 is 1.91 bits per heavy atom. The molecule has 7 heteroatoms. The highest BCUT2D eigenvalue weighted by Gasteiger charge is 2.51. The summed E-state index contributed by atoms with van der Waals surface area (Å²) in [4.78, 5) is 24.6. The van der Waals surface area contributed by atoms with Crippen molar-refractivity contribution in [1.29, 1.82) is 0 Å². The first-order chi connectivity index (χ1) is 17.0. The molecule has 3 aliphatic rings. The number of carboxylic acids is 2. The molecule has 1 aromatic carbocycles. The van der Waals surface area contributed by atoms with Crippen molar-refractivity contribution in [2.24, 2.45) is 0 Å². The van der Waals surface area contributed by atoms with E-state index in [4.69, 9.17) is 14.9 Å². The van der Waals surface area contributed by atoms with E-state index < -0.39 is 11.9 Å². The molecule has 3 fully saturated rings. The van der Waals surface area contributed by atoms with E-state index >= 15 is 0 Å². The lowest BCUT2D eigenvalue weighted by Crippen LogP contribution is -2.59. The Morgan fingerprint density at radius 2 is 1.40 bits per heavy atom. The van der Waals surface area contributed by atoms with Gasteiger partial charge in [-0.3, -0.25) is 0 Å². The maximum absolute atomic E-state index is 9.55. The van der Waals surface area contributed by atoms with Gasteiger partial charge in [0.1, 0.15) is 0 Å². The number of carboxylic acid groups (broad SMARTS) is 2. The van der Waals surface area contributed by atoms with Crippen molar-refractivity contribution in [3.05, 3.63) is 42.5 Å². The lowest BCUT2D eigenvalue weighted by molar-refractivity contribution is -0.134. The second-order valence-corrected chi connectivity index (χ2v) is 10.0. The first-order valence-electron chi connectivity index (χ1n) is 13.2. The average Bonchev–Trinajstić information content (AvgIpc) is 3.28. The summed E-state index contributed by atoms with van der Waals surface area (Å²) in [6.45, 7) is 3.62. The van der Waals surface area contributed by atoms with Crippen LogP contribution in [0.5, 0.6) is 0 Å². The van der Waals surface area contributed by atoms with Crippen molar-refractivity contribution in [3.63, 3.8) is 0 Å². The molecule has 1 aliphatic carbocycles. The molecular formula is C28H42N2O5. The highest BCUT2D eigenvalue weighted by molar-refractivity contribution is 5.89. The number of ether oxygens (including phenoxy) is 1. The molecule has 1 atom stereocenters. The van der Waals surface area contributed by atoms with Gasteiger partial charge in [0.15, 0.2) is 0 Å². The Morgan fingerprint density at radius 1 is 0.857 bits per heavy atom. The van der Waals surface area contributed by atoms with Gasteiger partial charge in [-0.2, -0.15) is 0 Å². The quantitative estimate of drug-likeness (QED) is 0.569. The van der Waals surface area contributed by atoms with Crippen molar-refractivity contribution < 1.29 is 24.5 Å². The number of likely N-dealkylation sites (tertiary alicyclic amines) is 1. The lowest BCUT2D eigenvalue weighted by atomic mass is 9.81. The molecule has 194 valence electrons. The third-order valence-corrected chi connectivity index (χ3v) is 7.98. The molecule has 1 aromatic rings. The lowest BCUT2D eigenvalue weighted by Gasteiger charge is -2.50. The molecule has 0 amide bonds. The van der Waals surface area contributed by atoms with Crippen LogP contribution in [-0.4, -0.2) is 71.5 Å². The summed E-state index contributed by atoms with van der Waals surface area (Å²) >= 11 is 0. The van der Waals surface area contributed by atoms with Crippen LogP contribution in [0, 0.1) is 0 Å². The second-order valence-electron chi connectivity index (χ2n) is 10.0. The molecule has 4 rings (SSSR count). The fraction of sp³-hybridized carbons (Fsp3) is 0.643. The fourth-order valence-electron chi connectivity index (χ4n) is 6.23. The number of carbonyl (C=O) groups is 2. The van der Waals surface area contributed by atoms with Crippen LogP contribution in [0.1, 0.15) is 70.6 Å². The molecule has 35 heavy (non-hydrogen) atoms. The molecule has 1 unspecified atom stereocenters. The molecule has 2 heterocycles. The van der Waals surface area contributed by atoms with Gasteiger partial charge < -0.3 is 24.7 Å². The number of methoxy groups -OCH3 is 1. The molecule has 2 saturated heterocycles. The summed E-state index contributed by atoms with van der Waals surface area (Å²) in [6, 6.07) is 11.9. The normalized spacial score (nSPS) is 23.8. The van der Waals surface area contributed by atoms with Crippen LogP contribution in [0.2, 0.25) is 0 Å². The number of hydrogen-bond acceptors (Lipinski definition) is 5. The Labute approximate surface area is 209 Å². The number of piperidine rings is 1. The summed E-state index contributed by atoms with van der Waals surface area (Å²) in [6.07, 6.45) is 16.7. The SMILES string of the molecule is COC1CCN(c2ccccc2)C12CCN(C1CCCCCCCC1)CC2.O=C(O)C=CC(=O)O. The van der Waals surface area contributed by atoms with Gasteiger partial charge in [0.05, 0.1) is 11.6 Å². The van der Waals surface area contributed by atoms with E-state index in [0.29, 0.717) is 18.3 Å². The Hall–Kier alpha value is -2.38. The van der Waals surface area contributed by atoms with E-state index in [-0.39, 0.29) is 5.54 Å². The molecule has 0 bridgehead atoms. The van der Waals surface area contributed by atoms with Crippen molar-refractivity contribution in [1.82, 2.24) is 4.90 Å². The molecule has 2 aliphatic heterocycles. The minimum absolute atomic E-state index is 0.200. The molecule has 0 radical (unpaired) electrons. The number of aliphatic carboxylic acids is 2. The monoisotopic (exact) mass is 486 g/mol. The van der Waals surface area contributed by atoms with E-state index in [1.807, 2.05) is 7.11 Å². The number of anilines is 1. The maximum atomic E-state index is 9.55. The summed E-state index contributed by atoms with van der Waals surface area (Å²) < 4.78 is 6.03. The van der Waals surface area contributed by atoms with Crippen LogP contribution in [0.15, 0.2) is 42.5 Å². The zero-order valence-electron chi connectivity index (χ0n) is 21.1. The van der Waals surface area contributed by atoms with E-state index in [9.17, 15) is 9.59 Å². The van der Waals surface area contributed by atoms with E-state index in [2.05, 4.69) is 40.1 Å². The Bertz CT molecular complexity index is 794. The van der Waals surface area contributed by atoms with Crippen LogP contribution in [-0.2, 0) is 14.3 Å². The predicted molar refractivity (Wildman–Crippen MR) is 138 cm³/mol. The van der Waals surface area contributed by atoms with Crippen molar-refractivity contribution >= 4 is 17.6 Å². The number of benzene rings is 1. The zero-order valence-corrected chi connectivity index (χ0v) is 21.1. The largest absolute Gasteiger partial charge is 0.478 e. The van der Waals surface area contributed by atoms with Gasteiger partial charge in [-0.15, -0.1) is 0 Å². The van der Waals surface area contributed by atoms with Gasteiger partial charge in [0.2, 0.25) is 0 Å². The highest BCUT2D eigenvalue weighted by Crippen LogP contribution is 2.43. The fourth-order valence-corrected chi connectivity index (χ4v) is 6.23. The minimum atomic E-state index is -1.26. The smallest absolute Gasteiger partial charge is 0.328 e. The Balaban J connectivity index is 0.000000371. The molecular weight excluding hydrogens is 444 g/mol.